The van der Waals surface area contributed by atoms with E-state index in [2.05, 4.69) is 10.3 Å². The minimum Gasteiger partial charge on any atom is -0.477 e. The summed E-state index contributed by atoms with van der Waals surface area (Å²) in [6.45, 7) is 0.188. The number of rotatable bonds is 4. The summed E-state index contributed by atoms with van der Waals surface area (Å²) in [6.07, 6.45) is 1.39. The van der Waals surface area contributed by atoms with Gasteiger partial charge in [0, 0.05) is 12.7 Å². The lowest BCUT2D eigenvalue weighted by Crippen LogP contribution is -2.23. The van der Waals surface area contributed by atoms with Crippen LogP contribution in [0.4, 0.5) is 0 Å². The number of aromatic carboxylic acids is 1. The minimum absolute atomic E-state index is 0.0563. The Kier molecular flexibility index (Phi) is 4.77. The zero-order chi connectivity index (χ0) is 15.4. The summed E-state index contributed by atoms with van der Waals surface area (Å²) in [5, 5.41) is 11.9. The molecule has 5 nitrogen and oxygen atoms in total. The van der Waals surface area contributed by atoms with E-state index in [-0.39, 0.29) is 27.8 Å². The Bertz CT molecular complexity index is 667. The summed E-state index contributed by atoms with van der Waals surface area (Å²) in [7, 11) is 0. The molecular weight excluding hydrogens is 315 g/mol. The molecule has 0 bridgehead atoms. The molecule has 1 aromatic heterocycles. The summed E-state index contributed by atoms with van der Waals surface area (Å²) in [4.78, 5) is 26.5. The summed E-state index contributed by atoms with van der Waals surface area (Å²) < 4.78 is 0. The third-order valence-electron chi connectivity index (χ3n) is 2.69. The Balaban J connectivity index is 2.06. The quantitative estimate of drug-likeness (QED) is 0.906. The van der Waals surface area contributed by atoms with Gasteiger partial charge < -0.3 is 10.4 Å². The van der Waals surface area contributed by atoms with Crippen LogP contribution >= 0.6 is 23.2 Å². The number of halogens is 2. The number of amides is 1. The van der Waals surface area contributed by atoms with E-state index in [1.807, 2.05) is 0 Å². The average molecular weight is 325 g/mol. The molecule has 1 aromatic carbocycles. The smallest absolute Gasteiger partial charge is 0.354 e. The molecule has 2 N–H and O–H groups in total. The van der Waals surface area contributed by atoms with E-state index < -0.39 is 11.9 Å². The number of carbonyl (C=O) groups excluding carboxylic acids is 1. The molecule has 0 aliphatic rings. The van der Waals surface area contributed by atoms with Gasteiger partial charge in [-0.25, -0.2) is 9.78 Å². The number of hydrogen-bond donors (Lipinski definition) is 2. The first kappa shape index (κ1) is 15.3. The zero-order valence-corrected chi connectivity index (χ0v) is 12.1. The first-order valence-electron chi connectivity index (χ1n) is 5.89. The topological polar surface area (TPSA) is 79.3 Å². The van der Waals surface area contributed by atoms with Crippen LogP contribution in [0.25, 0.3) is 0 Å². The summed E-state index contributed by atoms with van der Waals surface area (Å²) in [6, 6.07) is 7.74. The highest BCUT2D eigenvalue weighted by atomic mass is 35.5. The molecule has 0 radical (unpaired) electrons. The van der Waals surface area contributed by atoms with Crippen LogP contribution in [-0.4, -0.2) is 22.0 Å². The van der Waals surface area contributed by atoms with Gasteiger partial charge in [0.15, 0.2) is 0 Å². The fourth-order valence-corrected chi connectivity index (χ4v) is 2.21. The molecule has 0 aliphatic carbocycles. The first-order valence-corrected chi connectivity index (χ1v) is 6.65. The molecule has 7 heteroatoms. The third-order valence-corrected chi connectivity index (χ3v) is 3.32. The Morgan fingerprint density at radius 2 is 1.81 bits per heavy atom. The molecule has 1 amide bonds. The third kappa shape index (κ3) is 3.71. The van der Waals surface area contributed by atoms with Gasteiger partial charge in [-0.2, -0.15) is 0 Å². The van der Waals surface area contributed by atoms with Crippen LogP contribution in [0.1, 0.15) is 26.4 Å². The number of pyridine rings is 1. The van der Waals surface area contributed by atoms with Gasteiger partial charge in [0.25, 0.3) is 5.91 Å². The lowest BCUT2D eigenvalue weighted by atomic mass is 10.2. The second-order valence-electron chi connectivity index (χ2n) is 4.14. The predicted octanol–water partition coefficient (Wildman–Crippen LogP) is 3.02. The van der Waals surface area contributed by atoms with Crippen LogP contribution < -0.4 is 5.32 Å². The Labute approximate surface area is 130 Å². The number of nitrogens with one attached hydrogen (secondary N) is 1. The van der Waals surface area contributed by atoms with E-state index in [9.17, 15) is 9.59 Å². The maximum atomic E-state index is 12.0. The van der Waals surface area contributed by atoms with Gasteiger partial charge in [0.05, 0.1) is 15.6 Å². The molecule has 108 valence electrons. The van der Waals surface area contributed by atoms with E-state index in [0.717, 1.165) is 0 Å². The molecule has 21 heavy (non-hydrogen) atoms. The van der Waals surface area contributed by atoms with Gasteiger partial charge in [-0.1, -0.05) is 35.3 Å². The highest BCUT2D eigenvalue weighted by Crippen LogP contribution is 2.23. The number of carboxylic acid groups (broad SMARTS) is 1. The van der Waals surface area contributed by atoms with Crippen molar-refractivity contribution in [3.05, 3.63) is 63.4 Å². The van der Waals surface area contributed by atoms with Gasteiger partial charge in [-0.15, -0.1) is 0 Å². The molecule has 2 aromatic rings. The fraction of sp³-hybridized carbons (Fsp3) is 0.0714. The second-order valence-corrected chi connectivity index (χ2v) is 4.95. The Hall–Kier alpha value is -2.11. The molecule has 2 rings (SSSR count). The van der Waals surface area contributed by atoms with Gasteiger partial charge in [-0.05, 0) is 23.8 Å². The summed E-state index contributed by atoms with van der Waals surface area (Å²) in [5.74, 6) is -1.51. The van der Waals surface area contributed by atoms with Crippen LogP contribution in [0.2, 0.25) is 10.0 Å². The predicted molar refractivity (Wildman–Crippen MR) is 78.8 cm³/mol. The molecule has 0 unspecified atom stereocenters. The van der Waals surface area contributed by atoms with Crippen LogP contribution in [0.5, 0.6) is 0 Å². The second kappa shape index (κ2) is 6.56. The number of carboxylic acids is 1. The van der Waals surface area contributed by atoms with Crippen LogP contribution in [-0.2, 0) is 6.54 Å². The number of benzene rings is 1. The van der Waals surface area contributed by atoms with Crippen molar-refractivity contribution in [3.63, 3.8) is 0 Å². The largest absolute Gasteiger partial charge is 0.477 e. The molecule has 0 saturated heterocycles. The average Bonchev–Trinajstić information content (AvgIpc) is 2.45. The van der Waals surface area contributed by atoms with E-state index in [0.29, 0.717) is 5.56 Å². The maximum Gasteiger partial charge on any atom is 0.354 e. The van der Waals surface area contributed by atoms with Crippen molar-refractivity contribution in [1.82, 2.24) is 10.3 Å². The van der Waals surface area contributed by atoms with E-state index in [4.69, 9.17) is 28.3 Å². The SMILES string of the molecule is O=C(O)c1ccc(CNC(=O)c2c(Cl)cccc2Cl)cn1. The number of nitrogens with zero attached hydrogens (tertiary/aromatic N) is 1. The molecule has 0 atom stereocenters. The van der Waals surface area contributed by atoms with Crippen molar-refractivity contribution in [2.45, 2.75) is 6.54 Å². The number of aromatic nitrogens is 1. The van der Waals surface area contributed by atoms with Crippen LogP contribution in [0.3, 0.4) is 0 Å². The molecule has 0 fully saturated rings. The fourth-order valence-electron chi connectivity index (χ4n) is 1.64. The summed E-state index contributed by atoms with van der Waals surface area (Å²) >= 11 is 11.9. The lowest BCUT2D eigenvalue weighted by molar-refractivity contribution is 0.0690. The van der Waals surface area contributed by atoms with Crippen LogP contribution in [0, 0.1) is 0 Å². The first-order chi connectivity index (χ1) is 9.99. The van der Waals surface area contributed by atoms with E-state index in [1.54, 1.807) is 24.3 Å². The molecule has 0 saturated carbocycles. The van der Waals surface area contributed by atoms with Gasteiger partial charge in [0.2, 0.25) is 0 Å². The van der Waals surface area contributed by atoms with Crippen molar-refractivity contribution in [2.24, 2.45) is 0 Å². The van der Waals surface area contributed by atoms with Crippen molar-refractivity contribution >= 4 is 35.1 Å². The zero-order valence-electron chi connectivity index (χ0n) is 10.6. The lowest BCUT2D eigenvalue weighted by Gasteiger charge is -2.08. The number of carbonyl (C=O) groups is 2. The van der Waals surface area contributed by atoms with Crippen molar-refractivity contribution in [3.8, 4) is 0 Å². The van der Waals surface area contributed by atoms with Gasteiger partial charge in [-0.3, -0.25) is 4.79 Å². The van der Waals surface area contributed by atoms with Crippen molar-refractivity contribution in [2.75, 3.05) is 0 Å². The minimum atomic E-state index is -1.10. The Morgan fingerprint density at radius 1 is 1.14 bits per heavy atom. The monoisotopic (exact) mass is 324 g/mol. The van der Waals surface area contributed by atoms with Gasteiger partial charge in [0.1, 0.15) is 5.69 Å². The molecule has 1 heterocycles. The summed E-state index contributed by atoms with van der Waals surface area (Å²) in [5.41, 5.74) is 0.812. The molecule has 0 spiro atoms. The number of hydrogen-bond acceptors (Lipinski definition) is 3. The van der Waals surface area contributed by atoms with Crippen LogP contribution in [0.15, 0.2) is 36.5 Å². The van der Waals surface area contributed by atoms with Crippen molar-refractivity contribution in [1.29, 1.82) is 0 Å². The standard InChI is InChI=1S/C14H10Cl2N2O3/c15-9-2-1-3-10(16)12(9)13(19)18-7-8-4-5-11(14(20)21)17-6-8/h1-6H,7H2,(H,18,19)(H,20,21). The van der Waals surface area contributed by atoms with E-state index in [1.165, 1.54) is 12.3 Å². The highest BCUT2D eigenvalue weighted by molar-refractivity contribution is 6.39. The Morgan fingerprint density at radius 3 is 2.33 bits per heavy atom. The van der Waals surface area contributed by atoms with Crippen molar-refractivity contribution < 1.29 is 14.7 Å². The molecular formula is C14H10Cl2N2O3. The maximum absolute atomic E-state index is 12.0. The highest BCUT2D eigenvalue weighted by Gasteiger charge is 2.14. The van der Waals surface area contributed by atoms with Gasteiger partial charge >= 0.3 is 5.97 Å². The normalized spacial score (nSPS) is 10.2. The molecule has 0 aliphatic heterocycles. The van der Waals surface area contributed by atoms with E-state index >= 15 is 0 Å².